The van der Waals surface area contributed by atoms with Crippen LogP contribution in [0.5, 0.6) is 0 Å². The van der Waals surface area contributed by atoms with Crippen molar-refractivity contribution in [2.24, 2.45) is 0 Å². The molecule has 0 spiro atoms. The fourth-order valence-corrected chi connectivity index (χ4v) is 5.18. The molecule has 0 fully saturated rings. The lowest BCUT2D eigenvalue weighted by Gasteiger charge is -2.48. The van der Waals surface area contributed by atoms with Crippen molar-refractivity contribution in [1.82, 2.24) is 0 Å². The Hall–Kier alpha value is -5.36. The second kappa shape index (κ2) is 7.08. The molecule has 0 bridgehead atoms. The molecule has 34 heavy (non-hydrogen) atoms. The smallest absolute Gasteiger partial charge is 0.103 e. The third-order valence-corrected chi connectivity index (χ3v) is 6.61. The Morgan fingerprint density at radius 1 is 0.618 bits per heavy atom. The van der Waals surface area contributed by atoms with Crippen LogP contribution in [0.2, 0.25) is 0 Å². The minimum atomic E-state index is -0.152. The molecule has 2 aliphatic rings. The van der Waals surface area contributed by atoms with Crippen LogP contribution in [0.25, 0.3) is 27.6 Å². The first kappa shape index (κ1) is 19.3. The van der Waals surface area contributed by atoms with Gasteiger partial charge in [0, 0.05) is 11.3 Å². The van der Waals surface area contributed by atoms with Crippen LogP contribution < -0.4 is 4.90 Å². The highest BCUT2D eigenvalue weighted by Gasteiger charge is 2.43. The van der Waals surface area contributed by atoms with E-state index in [1.807, 2.05) is 77.7 Å². The third kappa shape index (κ3) is 2.33. The maximum atomic E-state index is 10.2. The molecular formula is C29H13N5. The normalized spacial score (nSPS) is 14.8. The second-order valence-corrected chi connectivity index (χ2v) is 8.15. The fourth-order valence-electron chi connectivity index (χ4n) is 5.18. The van der Waals surface area contributed by atoms with Gasteiger partial charge in [0.25, 0.3) is 0 Å². The van der Waals surface area contributed by atoms with Crippen molar-refractivity contribution in [2.75, 3.05) is 4.90 Å². The van der Waals surface area contributed by atoms with E-state index in [-0.39, 0.29) is 28.3 Å². The Labute approximate surface area is 195 Å². The van der Waals surface area contributed by atoms with Gasteiger partial charge < -0.3 is 4.90 Å². The molecule has 1 unspecified atom stereocenters. The first-order valence-electron chi connectivity index (χ1n) is 10.7. The van der Waals surface area contributed by atoms with Gasteiger partial charge in [-0.3, -0.25) is 0 Å². The van der Waals surface area contributed by atoms with Gasteiger partial charge in [-0.2, -0.15) is 21.0 Å². The summed E-state index contributed by atoms with van der Waals surface area (Å²) in [7, 11) is 0. The zero-order chi connectivity index (χ0) is 23.4. The van der Waals surface area contributed by atoms with E-state index in [4.69, 9.17) is 0 Å². The van der Waals surface area contributed by atoms with Crippen LogP contribution in [-0.4, -0.2) is 0 Å². The summed E-state index contributed by atoms with van der Waals surface area (Å²) >= 11 is 0. The van der Waals surface area contributed by atoms with Crippen LogP contribution in [0.4, 0.5) is 5.69 Å². The van der Waals surface area contributed by atoms with Gasteiger partial charge in [-0.15, -0.1) is 0 Å². The molecule has 0 radical (unpaired) electrons. The number of fused-ring (bicyclic) bond motifs is 8. The van der Waals surface area contributed by atoms with Gasteiger partial charge in [-0.25, -0.2) is 0 Å². The van der Waals surface area contributed by atoms with Gasteiger partial charge in [-0.05, 0) is 33.5 Å². The molecule has 4 aromatic rings. The summed E-state index contributed by atoms with van der Waals surface area (Å²) in [6, 6.07) is 30.1. The molecule has 5 nitrogen and oxygen atoms in total. The molecule has 0 N–H and O–H groups in total. The van der Waals surface area contributed by atoms with Gasteiger partial charge in [0.15, 0.2) is 0 Å². The number of anilines is 1. The highest BCUT2D eigenvalue weighted by Crippen LogP contribution is 2.58. The third-order valence-electron chi connectivity index (χ3n) is 6.61. The van der Waals surface area contributed by atoms with Gasteiger partial charge in [0.1, 0.15) is 24.3 Å². The van der Waals surface area contributed by atoms with Crippen molar-refractivity contribution in [3.05, 3.63) is 106 Å². The molecule has 4 aromatic carbocycles. The molecule has 1 atom stereocenters. The molecule has 0 saturated heterocycles. The molecule has 154 valence electrons. The Morgan fingerprint density at radius 3 is 1.97 bits per heavy atom. The standard InChI is InChI=1S/C29H13N5/c30-13-21-22(14-31)24(16-33)29-28(23(21)15-32)27-19-9-5-4-6-17(19)10-11-20(27)26-12-25(34(26)29)18-7-2-1-3-8-18/h1-12,26H. The van der Waals surface area contributed by atoms with Gasteiger partial charge in [-0.1, -0.05) is 66.7 Å². The molecule has 0 saturated carbocycles. The summed E-state index contributed by atoms with van der Waals surface area (Å²) in [5.74, 6) is 0. The molecule has 0 aliphatic carbocycles. The highest BCUT2D eigenvalue weighted by molar-refractivity contribution is 6.10. The van der Waals surface area contributed by atoms with E-state index >= 15 is 0 Å². The minimum Gasteiger partial charge on any atom is -0.328 e. The molecule has 5 heteroatoms. The maximum absolute atomic E-state index is 10.2. The van der Waals surface area contributed by atoms with E-state index in [2.05, 4.69) is 24.3 Å². The van der Waals surface area contributed by atoms with E-state index in [0.29, 0.717) is 11.3 Å². The Morgan fingerprint density at radius 2 is 1.26 bits per heavy atom. The average molecular weight is 431 g/mol. The minimum absolute atomic E-state index is 0.0524. The van der Waals surface area contributed by atoms with Crippen molar-refractivity contribution in [2.45, 2.75) is 6.04 Å². The summed E-state index contributed by atoms with van der Waals surface area (Å²) in [5.41, 5.74) is 4.92. The topological polar surface area (TPSA) is 98.4 Å². The first-order chi connectivity index (χ1) is 16.7. The van der Waals surface area contributed by atoms with Crippen molar-refractivity contribution in [1.29, 1.82) is 21.0 Å². The summed E-state index contributed by atoms with van der Waals surface area (Å²) in [4.78, 5) is 2.03. The number of nitriles is 4. The van der Waals surface area contributed by atoms with Crippen LogP contribution in [0.3, 0.4) is 0 Å². The summed E-state index contributed by atoms with van der Waals surface area (Å²) in [6.45, 7) is 0. The van der Waals surface area contributed by atoms with Gasteiger partial charge in [0.05, 0.1) is 34.0 Å². The lowest BCUT2D eigenvalue weighted by Crippen LogP contribution is -2.38. The molecular weight excluding hydrogens is 418 g/mol. The van der Waals surface area contributed by atoms with E-state index in [1.54, 1.807) is 0 Å². The second-order valence-electron chi connectivity index (χ2n) is 8.15. The number of rotatable bonds is 1. The number of hydrogen-bond donors (Lipinski definition) is 0. The summed E-state index contributed by atoms with van der Waals surface area (Å²) < 4.78 is 0. The molecule has 0 amide bonds. The van der Waals surface area contributed by atoms with Gasteiger partial charge >= 0.3 is 0 Å². The maximum Gasteiger partial charge on any atom is 0.103 e. The zero-order valence-electron chi connectivity index (χ0n) is 17.7. The van der Waals surface area contributed by atoms with Crippen molar-refractivity contribution in [3.8, 4) is 35.4 Å². The summed E-state index contributed by atoms with van der Waals surface area (Å²) in [6.07, 6.45) is 2.14. The van der Waals surface area contributed by atoms with Crippen LogP contribution in [0.1, 0.15) is 39.4 Å². The highest BCUT2D eigenvalue weighted by atomic mass is 15.2. The van der Waals surface area contributed by atoms with Crippen LogP contribution in [0.15, 0.2) is 72.8 Å². The Kier molecular flexibility index (Phi) is 4.03. The lowest BCUT2D eigenvalue weighted by atomic mass is 9.75. The zero-order valence-corrected chi connectivity index (χ0v) is 17.7. The number of benzene rings is 4. The summed E-state index contributed by atoms with van der Waals surface area (Å²) in [5, 5.41) is 42.2. The fraction of sp³-hybridized carbons (Fsp3) is 0.0345. The van der Waals surface area contributed by atoms with Gasteiger partial charge in [0.2, 0.25) is 0 Å². The molecule has 6 rings (SSSR count). The SMILES string of the molecule is N#Cc1c(C#N)c(C#N)c2c(c1C#N)-c1c(ccc3ccccc13)C1C=C(c3ccccc3)N21. The van der Waals surface area contributed by atoms with E-state index in [1.165, 1.54) is 0 Å². The number of nitrogens with zero attached hydrogens (tertiary/aromatic N) is 5. The van der Waals surface area contributed by atoms with Crippen molar-refractivity contribution < 1.29 is 0 Å². The first-order valence-corrected chi connectivity index (χ1v) is 10.7. The monoisotopic (exact) mass is 431 g/mol. The van der Waals surface area contributed by atoms with Crippen LogP contribution in [-0.2, 0) is 0 Å². The lowest BCUT2D eigenvalue weighted by molar-refractivity contribution is 0.790. The molecule has 0 aromatic heterocycles. The molecule has 2 heterocycles. The predicted octanol–water partition coefficient (Wildman–Crippen LogP) is 5.91. The van der Waals surface area contributed by atoms with Crippen molar-refractivity contribution in [3.63, 3.8) is 0 Å². The Balaban J connectivity index is 1.83. The van der Waals surface area contributed by atoms with E-state index in [9.17, 15) is 21.0 Å². The van der Waals surface area contributed by atoms with Crippen LogP contribution in [0, 0.1) is 45.3 Å². The largest absolute Gasteiger partial charge is 0.328 e. The van der Waals surface area contributed by atoms with Crippen LogP contribution >= 0.6 is 0 Å². The van der Waals surface area contributed by atoms with E-state index < -0.39 is 0 Å². The van der Waals surface area contributed by atoms with Crippen molar-refractivity contribution >= 4 is 22.2 Å². The quantitative estimate of drug-likeness (QED) is 0.373. The average Bonchev–Trinajstić information content (AvgIpc) is 2.87. The Bertz CT molecular complexity index is 1750. The molecule has 2 aliphatic heterocycles. The number of hydrogen-bond acceptors (Lipinski definition) is 5. The predicted molar refractivity (Wildman–Crippen MR) is 128 cm³/mol. The van der Waals surface area contributed by atoms with E-state index in [0.717, 1.165) is 33.2 Å².